The van der Waals surface area contributed by atoms with E-state index in [9.17, 15) is 14.4 Å². The number of ketones is 2. The monoisotopic (exact) mass is 291 g/mol. The molecule has 21 heavy (non-hydrogen) atoms. The van der Waals surface area contributed by atoms with Crippen LogP contribution in [0, 0.1) is 6.92 Å². The molecule has 2 unspecified atom stereocenters. The van der Waals surface area contributed by atoms with Crippen LogP contribution in [0.15, 0.2) is 22.9 Å². The molecule has 6 nitrogen and oxygen atoms in total. The van der Waals surface area contributed by atoms with E-state index >= 15 is 0 Å². The lowest BCUT2D eigenvalue weighted by atomic mass is 9.92. The fraction of sp³-hybridized carbons (Fsp3) is 0.333. The number of aryl methyl sites for hydroxylation is 1. The predicted molar refractivity (Wildman–Crippen MR) is 78.1 cm³/mol. The average molecular weight is 291 g/mol. The molecule has 0 saturated heterocycles. The van der Waals surface area contributed by atoms with Crippen LogP contribution in [-0.2, 0) is 9.59 Å². The van der Waals surface area contributed by atoms with E-state index in [1.54, 1.807) is 0 Å². The minimum atomic E-state index is -2.66. The molecule has 1 aliphatic rings. The van der Waals surface area contributed by atoms with Gasteiger partial charge in [-0.15, -0.1) is 0 Å². The molecule has 1 saturated carbocycles. The summed E-state index contributed by atoms with van der Waals surface area (Å²) in [5.41, 5.74) is 4.19. The van der Waals surface area contributed by atoms with Gasteiger partial charge < -0.3 is 5.73 Å². The third-order valence-corrected chi connectivity index (χ3v) is 3.25. The molecule has 1 fully saturated rings. The Labute approximate surface area is 129 Å². The second-order valence-corrected chi connectivity index (χ2v) is 4.67. The molecule has 1 aromatic carbocycles. The Hall–Kier alpha value is -2.50. The number of benzene rings is 1. The molecule has 0 radical (unpaired) electrons. The van der Waals surface area contributed by atoms with E-state index in [2.05, 4.69) is 4.98 Å². The van der Waals surface area contributed by atoms with Crippen molar-refractivity contribution in [2.75, 3.05) is 5.73 Å². The first-order chi connectivity index (χ1) is 12.4. The Kier molecular flexibility index (Phi) is 1.84. The number of carbonyl (C=O) groups is 2. The maximum absolute atomic E-state index is 13.1. The number of nitrogens with two attached hydrogens (primary N) is 1. The van der Waals surface area contributed by atoms with Gasteiger partial charge in [0.25, 0.3) is 5.56 Å². The first kappa shape index (κ1) is 8.07. The van der Waals surface area contributed by atoms with Gasteiger partial charge in [0.15, 0.2) is 5.78 Å². The summed E-state index contributed by atoms with van der Waals surface area (Å²) in [5, 5.41) is -0.367. The van der Waals surface area contributed by atoms with Crippen LogP contribution in [0.2, 0.25) is 0 Å². The van der Waals surface area contributed by atoms with Gasteiger partial charge in [-0.1, -0.05) is 6.04 Å². The molecule has 2 atom stereocenters. The van der Waals surface area contributed by atoms with E-state index < -0.39 is 66.2 Å². The average Bonchev–Trinajstić information content (AvgIpc) is 2.58. The Morgan fingerprint density at radius 2 is 2.19 bits per heavy atom. The maximum Gasteiger partial charge on any atom is 0.264 e. The highest BCUT2D eigenvalue weighted by molar-refractivity contribution is 6.03. The van der Waals surface area contributed by atoms with Crippen molar-refractivity contribution in [1.29, 1.82) is 0 Å². The largest absolute Gasteiger partial charge is 0.398 e. The van der Waals surface area contributed by atoms with Crippen LogP contribution in [0.3, 0.4) is 0 Å². The van der Waals surface area contributed by atoms with Crippen molar-refractivity contribution in [3.05, 3.63) is 34.3 Å². The van der Waals surface area contributed by atoms with Crippen LogP contribution in [0.1, 0.15) is 39.3 Å². The Morgan fingerprint density at radius 3 is 2.95 bits per heavy atom. The number of nitrogens with zero attached hydrogens (tertiary/aromatic N) is 2. The third-order valence-electron chi connectivity index (χ3n) is 3.25. The lowest BCUT2D eigenvalue weighted by molar-refractivity contribution is -0.132. The van der Waals surface area contributed by atoms with E-state index in [-0.39, 0.29) is 16.7 Å². The molecule has 3 rings (SSSR count). The highest BCUT2D eigenvalue weighted by Gasteiger charge is 2.30. The fourth-order valence-corrected chi connectivity index (χ4v) is 2.30. The van der Waals surface area contributed by atoms with Gasteiger partial charge in [-0.2, -0.15) is 0 Å². The number of hydrogen-bond acceptors (Lipinski definition) is 5. The molecule has 0 amide bonds. The zero-order valence-electron chi connectivity index (χ0n) is 17.1. The van der Waals surface area contributed by atoms with Gasteiger partial charge in [-0.3, -0.25) is 19.0 Å². The van der Waals surface area contributed by atoms with E-state index in [0.717, 1.165) is 4.57 Å². The summed E-state index contributed by atoms with van der Waals surface area (Å²) in [7, 11) is 0. The Bertz CT molecular complexity index is 1080. The number of Topliss-reactive ketones (excluding diaryl/α,β-unsaturated/α-hetero) is 2. The first-order valence-electron chi connectivity index (χ1n) is 9.24. The molecular formula is C15H15N3O3. The summed E-state index contributed by atoms with van der Waals surface area (Å²) in [6.07, 6.45) is -5.20. The minimum Gasteiger partial charge on any atom is -0.398 e. The van der Waals surface area contributed by atoms with Crippen LogP contribution in [-0.4, -0.2) is 21.1 Å². The van der Waals surface area contributed by atoms with Gasteiger partial charge in [0, 0.05) is 16.2 Å². The van der Waals surface area contributed by atoms with Crippen molar-refractivity contribution in [3.63, 3.8) is 0 Å². The van der Waals surface area contributed by atoms with E-state index in [1.165, 1.54) is 6.92 Å². The Morgan fingerprint density at radius 1 is 1.43 bits per heavy atom. The normalized spacial score (nSPS) is 29.2. The molecule has 1 aliphatic carbocycles. The molecule has 6 heteroatoms. The number of anilines is 1. The summed E-state index contributed by atoms with van der Waals surface area (Å²) >= 11 is 0. The van der Waals surface area contributed by atoms with Crippen LogP contribution < -0.4 is 11.3 Å². The quantitative estimate of drug-likeness (QED) is 0.628. The van der Waals surface area contributed by atoms with Crippen LogP contribution in [0.5, 0.6) is 0 Å². The first-order valence-corrected chi connectivity index (χ1v) is 6.17. The third kappa shape index (κ3) is 2.12. The van der Waals surface area contributed by atoms with Crippen molar-refractivity contribution in [2.45, 2.75) is 32.2 Å². The van der Waals surface area contributed by atoms with E-state index in [1.807, 2.05) is 0 Å². The second kappa shape index (κ2) is 4.80. The van der Waals surface area contributed by atoms with Gasteiger partial charge >= 0.3 is 0 Å². The van der Waals surface area contributed by atoms with Crippen molar-refractivity contribution in [1.82, 2.24) is 9.55 Å². The molecule has 2 N–H and O–H groups in total. The summed E-state index contributed by atoms with van der Waals surface area (Å²) in [6, 6.07) is -3.30. The fourth-order valence-electron chi connectivity index (χ4n) is 2.30. The maximum atomic E-state index is 13.1. The number of carbonyl (C=O) groups excluding carboxylic acids is 2. The summed E-state index contributed by atoms with van der Waals surface area (Å²) < 4.78 is 48.1. The molecule has 2 aromatic rings. The van der Waals surface area contributed by atoms with Gasteiger partial charge in [0.05, 0.1) is 27.5 Å². The lowest BCUT2D eigenvalue weighted by Crippen LogP contribution is -2.36. The van der Waals surface area contributed by atoms with Gasteiger partial charge in [0.2, 0.25) is 0 Å². The SMILES string of the molecule is [2H]c1c([2H])c(N)c2c(=O)n(C3C(=O)CC(=O)C([2H])C3([2H])[2H])c(C)nc2c1[2H]. The van der Waals surface area contributed by atoms with E-state index in [0.29, 0.717) is 0 Å². The molecule has 108 valence electrons. The lowest BCUT2D eigenvalue weighted by Gasteiger charge is -2.24. The van der Waals surface area contributed by atoms with Crippen molar-refractivity contribution in [3.8, 4) is 0 Å². The van der Waals surface area contributed by atoms with Crippen molar-refractivity contribution < 1.29 is 17.8 Å². The molecule has 0 aliphatic heterocycles. The van der Waals surface area contributed by atoms with Crippen LogP contribution in [0.25, 0.3) is 10.9 Å². The van der Waals surface area contributed by atoms with E-state index in [4.69, 9.17) is 14.0 Å². The summed E-state index contributed by atoms with van der Waals surface area (Å²) in [6.45, 7) is 1.31. The van der Waals surface area contributed by atoms with Crippen LogP contribution >= 0.6 is 0 Å². The zero-order chi connectivity index (χ0) is 20.4. The highest BCUT2D eigenvalue weighted by Crippen LogP contribution is 2.24. The molecule has 1 heterocycles. The standard InChI is InChI=1S/C15H15N3O3/c1-8-17-11-4-2-3-10(16)14(11)15(21)18(8)12-6-5-9(19)7-13(12)20/h2-4,12H,5-7,16H2,1H3/i2D,3D,4D,5D,6D2. The Balaban J connectivity index is 2.42. The number of nitrogen functional groups attached to an aromatic ring is 1. The highest BCUT2D eigenvalue weighted by atomic mass is 16.2. The minimum absolute atomic E-state index is 0.124. The van der Waals surface area contributed by atoms with Gasteiger partial charge in [-0.25, -0.2) is 4.98 Å². The zero-order valence-corrected chi connectivity index (χ0v) is 11.1. The number of rotatable bonds is 1. The number of hydrogen-bond donors (Lipinski definition) is 1. The second-order valence-electron chi connectivity index (χ2n) is 4.67. The van der Waals surface area contributed by atoms with Crippen LogP contribution in [0.4, 0.5) is 5.69 Å². The number of fused-ring (bicyclic) bond motifs is 1. The number of aromatic nitrogens is 2. The molecule has 1 aromatic heterocycles. The summed E-state index contributed by atoms with van der Waals surface area (Å²) in [5.74, 6) is -1.87. The topological polar surface area (TPSA) is 95.0 Å². The smallest absolute Gasteiger partial charge is 0.264 e. The van der Waals surface area contributed by atoms with Gasteiger partial charge in [-0.05, 0) is 25.4 Å². The van der Waals surface area contributed by atoms with Crippen molar-refractivity contribution >= 4 is 28.2 Å². The molecular weight excluding hydrogens is 270 g/mol. The predicted octanol–water partition coefficient (Wildman–Crippen LogP) is 1.15. The van der Waals surface area contributed by atoms with Crippen molar-refractivity contribution in [2.24, 2.45) is 0 Å². The van der Waals surface area contributed by atoms with Gasteiger partial charge in [0.1, 0.15) is 11.6 Å². The molecule has 0 bridgehead atoms. The summed E-state index contributed by atoms with van der Waals surface area (Å²) in [4.78, 5) is 41.2. The molecule has 0 spiro atoms.